The quantitative estimate of drug-likeness (QED) is 0.413. The van der Waals surface area contributed by atoms with Crippen molar-refractivity contribution in [2.75, 3.05) is 14.2 Å². The lowest BCUT2D eigenvalue weighted by atomic mass is 10.0. The van der Waals surface area contributed by atoms with Crippen LogP contribution >= 0.6 is 0 Å². The molecule has 3 aromatic rings. The number of ether oxygens (including phenoxy) is 2. The van der Waals surface area contributed by atoms with Crippen molar-refractivity contribution in [2.45, 2.75) is 6.92 Å². The second-order valence-electron chi connectivity index (χ2n) is 4.90. The van der Waals surface area contributed by atoms with Crippen LogP contribution < -0.4 is 10.4 Å². The van der Waals surface area contributed by atoms with Gasteiger partial charge in [0.15, 0.2) is 5.58 Å². The van der Waals surface area contributed by atoms with E-state index in [1.807, 2.05) is 25.1 Å². The summed E-state index contributed by atoms with van der Waals surface area (Å²) >= 11 is 0. The average molecular weight is 298 g/mol. The topological polar surface area (TPSA) is 65.7 Å². The van der Waals surface area contributed by atoms with E-state index in [0.29, 0.717) is 16.5 Å². The second kappa shape index (κ2) is 5.18. The summed E-state index contributed by atoms with van der Waals surface area (Å²) in [6.07, 6.45) is 0. The van der Waals surface area contributed by atoms with E-state index in [1.54, 1.807) is 12.1 Å². The zero-order chi connectivity index (χ0) is 15.9. The third-order valence-electron chi connectivity index (χ3n) is 3.69. The molecule has 0 spiro atoms. The van der Waals surface area contributed by atoms with Crippen molar-refractivity contribution in [1.82, 2.24) is 0 Å². The van der Waals surface area contributed by atoms with Crippen LogP contribution in [0.5, 0.6) is 5.75 Å². The highest BCUT2D eigenvalue weighted by Gasteiger charge is 2.21. The third kappa shape index (κ3) is 1.94. The number of hydrogen-bond acceptors (Lipinski definition) is 5. The first-order valence-corrected chi connectivity index (χ1v) is 6.70. The molecular formula is C17H14O5. The molecule has 0 atom stereocenters. The molecule has 0 aliphatic carbocycles. The minimum atomic E-state index is -0.613. The first-order valence-electron chi connectivity index (χ1n) is 6.70. The monoisotopic (exact) mass is 298 g/mol. The number of rotatable bonds is 2. The van der Waals surface area contributed by atoms with E-state index in [4.69, 9.17) is 13.9 Å². The summed E-state index contributed by atoms with van der Waals surface area (Å²) in [5.41, 5.74) is 0.625. The Morgan fingerprint density at radius 2 is 1.86 bits per heavy atom. The van der Waals surface area contributed by atoms with Crippen molar-refractivity contribution in [1.29, 1.82) is 0 Å². The first-order chi connectivity index (χ1) is 10.6. The maximum absolute atomic E-state index is 12.3. The molecule has 5 nitrogen and oxygen atoms in total. The maximum atomic E-state index is 12.3. The van der Waals surface area contributed by atoms with Crippen LogP contribution in [0, 0.1) is 6.92 Å². The zero-order valence-corrected chi connectivity index (χ0v) is 12.4. The largest absolute Gasteiger partial charge is 0.496 e. The van der Waals surface area contributed by atoms with Gasteiger partial charge >= 0.3 is 11.6 Å². The minimum absolute atomic E-state index is 0.114. The second-order valence-corrected chi connectivity index (χ2v) is 4.90. The van der Waals surface area contributed by atoms with Crippen molar-refractivity contribution in [3.63, 3.8) is 0 Å². The molecule has 0 saturated heterocycles. The van der Waals surface area contributed by atoms with Crippen LogP contribution in [0.4, 0.5) is 0 Å². The van der Waals surface area contributed by atoms with Gasteiger partial charge < -0.3 is 13.9 Å². The lowest BCUT2D eigenvalue weighted by molar-refractivity contribution is 0.0598. The molecule has 1 heterocycles. The average Bonchev–Trinajstić information content (AvgIpc) is 2.53. The molecule has 0 amide bonds. The van der Waals surface area contributed by atoms with Gasteiger partial charge in [-0.3, -0.25) is 0 Å². The van der Waals surface area contributed by atoms with Gasteiger partial charge in [0.05, 0.1) is 19.6 Å². The van der Waals surface area contributed by atoms with Crippen LogP contribution in [0.1, 0.15) is 15.9 Å². The van der Waals surface area contributed by atoms with E-state index in [-0.39, 0.29) is 11.1 Å². The SMILES string of the molecule is COC(=O)c1c(OC)ccc2c1oc(=O)c1c(C)cccc12. The molecule has 0 N–H and O–H groups in total. The summed E-state index contributed by atoms with van der Waals surface area (Å²) in [6.45, 7) is 1.84. The van der Waals surface area contributed by atoms with Gasteiger partial charge in [-0.2, -0.15) is 0 Å². The van der Waals surface area contributed by atoms with Crippen molar-refractivity contribution in [2.24, 2.45) is 0 Å². The molecule has 0 unspecified atom stereocenters. The summed E-state index contributed by atoms with van der Waals surface area (Å²) < 4.78 is 15.4. The van der Waals surface area contributed by atoms with Gasteiger partial charge in [-0.15, -0.1) is 0 Å². The van der Waals surface area contributed by atoms with Gasteiger partial charge in [-0.05, 0) is 24.6 Å². The fourth-order valence-electron chi connectivity index (χ4n) is 2.66. The Balaban J connectivity index is 2.57. The summed E-state index contributed by atoms with van der Waals surface area (Å²) in [5.74, 6) is -0.313. The van der Waals surface area contributed by atoms with Crippen LogP contribution in [0.3, 0.4) is 0 Å². The summed E-state index contributed by atoms with van der Waals surface area (Å²) in [6, 6.07) is 8.96. The molecule has 5 heteroatoms. The van der Waals surface area contributed by atoms with Gasteiger partial charge in [-0.1, -0.05) is 18.2 Å². The Kier molecular flexibility index (Phi) is 3.33. The number of fused-ring (bicyclic) bond motifs is 3. The van der Waals surface area contributed by atoms with Crippen LogP contribution in [0.15, 0.2) is 39.5 Å². The number of carbonyl (C=O) groups excluding carboxylic acids is 1. The van der Waals surface area contributed by atoms with Crippen molar-refractivity contribution in [3.05, 3.63) is 51.9 Å². The van der Waals surface area contributed by atoms with Crippen LogP contribution in [-0.4, -0.2) is 20.2 Å². The van der Waals surface area contributed by atoms with Gasteiger partial charge in [-0.25, -0.2) is 9.59 Å². The number of methoxy groups -OCH3 is 2. The Labute approximate surface area is 126 Å². The first kappa shape index (κ1) is 14.1. The molecule has 0 radical (unpaired) electrons. The van der Waals surface area contributed by atoms with E-state index in [1.165, 1.54) is 14.2 Å². The van der Waals surface area contributed by atoms with Crippen molar-refractivity contribution < 1.29 is 18.7 Å². The van der Waals surface area contributed by atoms with Gasteiger partial charge in [0.25, 0.3) is 0 Å². The molecule has 0 aliphatic heterocycles. The Hall–Kier alpha value is -2.82. The van der Waals surface area contributed by atoms with E-state index in [0.717, 1.165) is 10.9 Å². The predicted octanol–water partition coefficient (Wildman–Crippen LogP) is 3.05. The molecular weight excluding hydrogens is 284 g/mol. The van der Waals surface area contributed by atoms with E-state index in [9.17, 15) is 9.59 Å². The Morgan fingerprint density at radius 3 is 2.55 bits per heavy atom. The van der Waals surface area contributed by atoms with Crippen molar-refractivity contribution in [3.8, 4) is 5.75 Å². The predicted molar refractivity (Wildman–Crippen MR) is 82.6 cm³/mol. The molecule has 0 aliphatic rings. The minimum Gasteiger partial charge on any atom is -0.496 e. The number of carbonyl (C=O) groups is 1. The smallest absolute Gasteiger partial charge is 0.345 e. The molecule has 1 aromatic heterocycles. The number of aryl methyl sites for hydroxylation is 1. The standard InChI is InChI=1S/C17H14O5/c1-9-5-4-6-10-11-7-8-12(20-2)14(16(18)21-3)15(11)22-17(19)13(9)10/h4-8H,1-3H3. The molecule has 0 fully saturated rings. The summed E-state index contributed by atoms with van der Waals surface area (Å²) in [5, 5.41) is 1.91. The Morgan fingerprint density at radius 1 is 1.09 bits per heavy atom. The zero-order valence-electron chi connectivity index (χ0n) is 12.4. The summed E-state index contributed by atoms with van der Waals surface area (Å²) in [4.78, 5) is 24.4. The van der Waals surface area contributed by atoms with Gasteiger partial charge in [0.2, 0.25) is 0 Å². The molecule has 0 saturated carbocycles. The van der Waals surface area contributed by atoms with Crippen LogP contribution in [0.25, 0.3) is 21.7 Å². The summed E-state index contributed by atoms with van der Waals surface area (Å²) in [7, 11) is 2.71. The fourth-order valence-corrected chi connectivity index (χ4v) is 2.66. The van der Waals surface area contributed by atoms with Crippen LogP contribution in [0.2, 0.25) is 0 Å². The lowest BCUT2D eigenvalue weighted by Crippen LogP contribution is -2.08. The third-order valence-corrected chi connectivity index (χ3v) is 3.69. The molecule has 3 rings (SSSR count). The van der Waals surface area contributed by atoms with Crippen molar-refractivity contribution >= 4 is 27.7 Å². The highest BCUT2D eigenvalue weighted by atomic mass is 16.5. The van der Waals surface area contributed by atoms with Gasteiger partial charge in [0.1, 0.15) is 11.3 Å². The molecule has 0 bridgehead atoms. The maximum Gasteiger partial charge on any atom is 0.345 e. The lowest BCUT2D eigenvalue weighted by Gasteiger charge is -2.11. The fraction of sp³-hybridized carbons (Fsp3) is 0.176. The van der Waals surface area contributed by atoms with E-state index < -0.39 is 11.6 Å². The number of benzene rings is 2. The highest BCUT2D eigenvalue weighted by molar-refractivity contribution is 6.12. The van der Waals surface area contributed by atoms with E-state index >= 15 is 0 Å². The molecule has 2 aromatic carbocycles. The van der Waals surface area contributed by atoms with Crippen LogP contribution in [-0.2, 0) is 4.74 Å². The Bertz CT molecular complexity index is 953. The number of esters is 1. The highest BCUT2D eigenvalue weighted by Crippen LogP contribution is 2.32. The molecule has 112 valence electrons. The van der Waals surface area contributed by atoms with Gasteiger partial charge in [0, 0.05) is 10.8 Å². The van der Waals surface area contributed by atoms with E-state index in [2.05, 4.69) is 0 Å². The number of hydrogen-bond donors (Lipinski definition) is 0. The normalized spacial score (nSPS) is 10.9. The molecule has 22 heavy (non-hydrogen) atoms.